The smallest absolute Gasteiger partial charge is 0.169 e. The molecule has 0 radical (unpaired) electrons. The number of nitrogens with zero attached hydrogens (tertiary/aromatic N) is 1. The van der Waals surface area contributed by atoms with Crippen LogP contribution in [0.3, 0.4) is 0 Å². The molecule has 0 amide bonds. The second kappa shape index (κ2) is 4.25. The normalized spacial score (nSPS) is 13.0. The van der Waals surface area contributed by atoms with Crippen LogP contribution >= 0.6 is 27.3 Å². The van der Waals surface area contributed by atoms with E-state index in [0.29, 0.717) is 0 Å². The number of furan rings is 1. The van der Waals surface area contributed by atoms with Crippen molar-refractivity contribution in [2.45, 2.75) is 12.5 Å². The first-order chi connectivity index (χ1) is 6.75. The van der Waals surface area contributed by atoms with Gasteiger partial charge in [0.05, 0.1) is 11.8 Å². The molecule has 0 aromatic carbocycles. The summed E-state index contributed by atoms with van der Waals surface area (Å²) in [6.07, 6.45) is 4.30. The topological polar surface area (TPSA) is 52.0 Å². The lowest BCUT2D eigenvalue weighted by atomic mass is 10.1. The summed E-state index contributed by atoms with van der Waals surface area (Å²) in [5.74, 6) is 0. The summed E-state index contributed by atoms with van der Waals surface area (Å²) in [6.45, 7) is 0. The molecule has 2 N–H and O–H groups in total. The van der Waals surface area contributed by atoms with E-state index in [4.69, 9.17) is 10.2 Å². The molecule has 0 spiro atoms. The maximum atomic E-state index is 5.99. The third kappa shape index (κ3) is 2.23. The van der Waals surface area contributed by atoms with Gasteiger partial charge in [-0.2, -0.15) is 0 Å². The van der Waals surface area contributed by atoms with Crippen LogP contribution in [0.15, 0.2) is 33.1 Å². The molecule has 0 saturated carbocycles. The first kappa shape index (κ1) is 9.89. The van der Waals surface area contributed by atoms with Crippen molar-refractivity contribution in [1.82, 2.24) is 4.98 Å². The van der Waals surface area contributed by atoms with Gasteiger partial charge in [0.1, 0.15) is 0 Å². The molecular formula is C9H9BrN2OS. The maximum absolute atomic E-state index is 5.99. The Hall–Kier alpha value is -0.650. The average Bonchev–Trinajstić information content (AvgIpc) is 2.75. The molecule has 0 aliphatic rings. The van der Waals surface area contributed by atoms with Gasteiger partial charge in [0.2, 0.25) is 0 Å². The highest BCUT2D eigenvalue weighted by Crippen LogP contribution is 2.22. The van der Waals surface area contributed by atoms with Gasteiger partial charge >= 0.3 is 0 Å². The van der Waals surface area contributed by atoms with Gasteiger partial charge in [-0.1, -0.05) is 0 Å². The minimum atomic E-state index is 0.00648. The lowest BCUT2D eigenvalue weighted by Crippen LogP contribution is -2.11. The predicted molar refractivity (Wildman–Crippen MR) is 59.2 cm³/mol. The van der Waals surface area contributed by atoms with Gasteiger partial charge in [-0.05, 0) is 34.0 Å². The molecule has 1 atom stereocenters. The van der Waals surface area contributed by atoms with Crippen molar-refractivity contribution in [2.75, 3.05) is 0 Å². The molecular weight excluding hydrogens is 264 g/mol. The largest absolute Gasteiger partial charge is 0.457 e. The molecule has 2 rings (SSSR count). The van der Waals surface area contributed by atoms with Crippen LogP contribution in [0.25, 0.3) is 0 Å². The number of nitrogens with two attached hydrogens (primary N) is 1. The van der Waals surface area contributed by atoms with E-state index < -0.39 is 0 Å². The predicted octanol–water partition coefficient (Wildman–Crippen LogP) is 2.74. The zero-order chi connectivity index (χ0) is 9.97. The molecule has 2 heterocycles. The second-order valence-corrected chi connectivity index (χ2v) is 4.67. The van der Waals surface area contributed by atoms with Crippen molar-refractivity contribution >= 4 is 27.3 Å². The van der Waals surface area contributed by atoms with Gasteiger partial charge in [0, 0.05) is 17.1 Å². The number of hydrogen-bond acceptors (Lipinski definition) is 4. The molecule has 0 fully saturated rings. The molecule has 0 aliphatic heterocycles. The summed E-state index contributed by atoms with van der Waals surface area (Å²) < 4.78 is 5.87. The van der Waals surface area contributed by atoms with Crippen LogP contribution in [0.5, 0.6) is 0 Å². The van der Waals surface area contributed by atoms with E-state index >= 15 is 0 Å². The summed E-state index contributed by atoms with van der Waals surface area (Å²) >= 11 is 4.83. The third-order valence-corrected chi connectivity index (χ3v) is 3.22. The Kier molecular flexibility index (Phi) is 3.00. The summed E-state index contributed by atoms with van der Waals surface area (Å²) in [4.78, 5) is 5.10. The molecule has 2 aromatic heterocycles. The Bertz CT molecular complexity index is 399. The molecule has 74 valence electrons. The number of aromatic nitrogens is 1. The van der Waals surface area contributed by atoms with E-state index in [2.05, 4.69) is 20.9 Å². The van der Waals surface area contributed by atoms with E-state index in [1.54, 1.807) is 23.1 Å². The monoisotopic (exact) mass is 272 g/mol. The van der Waals surface area contributed by atoms with E-state index in [0.717, 1.165) is 21.5 Å². The Labute approximate surface area is 94.1 Å². The van der Waals surface area contributed by atoms with Crippen molar-refractivity contribution < 1.29 is 4.42 Å². The van der Waals surface area contributed by atoms with Gasteiger partial charge in [-0.3, -0.25) is 4.98 Å². The molecule has 1 unspecified atom stereocenters. The van der Waals surface area contributed by atoms with Crippen LogP contribution in [0, 0.1) is 0 Å². The minimum absolute atomic E-state index is 0.00648. The van der Waals surface area contributed by atoms with Crippen LogP contribution in [-0.4, -0.2) is 4.98 Å². The van der Waals surface area contributed by atoms with Gasteiger partial charge in [-0.25, -0.2) is 0 Å². The lowest BCUT2D eigenvalue weighted by Gasteiger charge is -2.05. The van der Waals surface area contributed by atoms with E-state index in [1.807, 2.05) is 12.3 Å². The van der Waals surface area contributed by atoms with Crippen LogP contribution in [0.1, 0.15) is 16.5 Å². The molecule has 0 saturated heterocycles. The summed E-state index contributed by atoms with van der Waals surface area (Å²) in [5, 5.41) is 0. The molecule has 3 nitrogen and oxygen atoms in total. The van der Waals surface area contributed by atoms with Crippen molar-refractivity contribution in [3.63, 3.8) is 0 Å². The van der Waals surface area contributed by atoms with E-state index in [-0.39, 0.29) is 6.04 Å². The van der Waals surface area contributed by atoms with Crippen molar-refractivity contribution in [3.8, 4) is 0 Å². The minimum Gasteiger partial charge on any atom is -0.457 e. The second-order valence-electron chi connectivity index (χ2n) is 2.97. The average molecular weight is 273 g/mol. The van der Waals surface area contributed by atoms with Crippen molar-refractivity contribution in [3.05, 3.63) is 39.1 Å². The number of hydrogen-bond donors (Lipinski definition) is 1. The van der Waals surface area contributed by atoms with Gasteiger partial charge in [0.15, 0.2) is 4.67 Å². The molecule has 0 aliphatic carbocycles. The van der Waals surface area contributed by atoms with Crippen molar-refractivity contribution in [2.24, 2.45) is 5.73 Å². The third-order valence-electron chi connectivity index (χ3n) is 1.89. The Morgan fingerprint density at radius 2 is 2.50 bits per heavy atom. The Balaban J connectivity index is 2.05. The van der Waals surface area contributed by atoms with E-state index in [1.165, 1.54) is 0 Å². The van der Waals surface area contributed by atoms with Crippen LogP contribution in [0.4, 0.5) is 0 Å². The molecule has 0 bridgehead atoms. The SMILES string of the molecule is NC(Cc1coc(Br)c1)c1cncs1. The number of rotatable bonds is 3. The summed E-state index contributed by atoms with van der Waals surface area (Å²) in [5.41, 5.74) is 8.88. The number of halogens is 1. The number of thiazole rings is 1. The highest BCUT2D eigenvalue weighted by molar-refractivity contribution is 9.10. The van der Waals surface area contributed by atoms with Gasteiger partial charge in [-0.15, -0.1) is 11.3 Å². The molecule has 14 heavy (non-hydrogen) atoms. The highest BCUT2D eigenvalue weighted by atomic mass is 79.9. The standard InChI is InChI=1S/C9H9BrN2OS/c10-9-2-6(4-13-9)1-7(11)8-3-12-5-14-8/h2-5,7H,1,11H2. The van der Waals surface area contributed by atoms with Crippen LogP contribution in [0.2, 0.25) is 0 Å². The zero-order valence-corrected chi connectivity index (χ0v) is 9.72. The van der Waals surface area contributed by atoms with Crippen molar-refractivity contribution in [1.29, 1.82) is 0 Å². The quantitative estimate of drug-likeness (QED) is 0.935. The maximum Gasteiger partial charge on any atom is 0.169 e. The Morgan fingerprint density at radius 3 is 3.07 bits per heavy atom. The fourth-order valence-electron chi connectivity index (χ4n) is 1.22. The van der Waals surface area contributed by atoms with Gasteiger partial charge in [0.25, 0.3) is 0 Å². The molecule has 2 aromatic rings. The summed E-state index contributed by atoms with van der Waals surface area (Å²) in [7, 11) is 0. The first-order valence-electron chi connectivity index (χ1n) is 4.12. The molecule has 5 heteroatoms. The zero-order valence-electron chi connectivity index (χ0n) is 7.31. The lowest BCUT2D eigenvalue weighted by molar-refractivity contribution is 0.537. The first-order valence-corrected chi connectivity index (χ1v) is 5.80. The fraction of sp³-hybridized carbons (Fsp3) is 0.222. The highest BCUT2D eigenvalue weighted by Gasteiger charge is 2.10. The van der Waals surface area contributed by atoms with Crippen LogP contribution < -0.4 is 5.73 Å². The fourth-order valence-corrected chi connectivity index (χ4v) is 2.23. The Morgan fingerprint density at radius 1 is 1.64 bits per heavy atom. The summed E-state index contributed by atoms with van der Waals surface area (Å²) in [6, 6.07) is 1.94. The van der Waals surface area contributed by atoms with Gasteiger partial charge < -0.3 is 10.2 Å². The van der Waals surface area contributed by atoms with E-state index in [9.17, 15) is 0 Å². The van der Waals surface area contributed by atoms with Crippen LogP contribution in [-0.2, 0) is 6.42 Å².